The van der Waals surface area contributed by atoms with Gasteiger partial charge in [-0.15, -0.1) is 21.5 Å². The zero-order valence-electron chi connectivity index (χ0n) is 14.8. The van der Waals surface area contributed by atoms with Crippen LogP contribution in [-0.4, -0.2) is 25.9 Å². The van der Waals surface area contributed by atoms with E-state index in [0.717, 1.165) is 34.3 Å². The topological polar surface area (TPSA) is 59.8 Å². The van der Waals surface area contributed by atoms with Gasteiger partial charge in [-0.1, -0.05) is 41.6 Å². The zero-order chi connectivity index (χ0) is 18.8. The van der Waals surface area contributed by atoms with Gasteiger partial charge in [0, 0.05) is 17.6 Å². The number of nitrogens with zero attached hydrogens (tertiary/aromatic N) is 3. The lowest BCUT2D eigenvalue weighted by Crippen LogP contribution is -2.30. The molecule has 1 fully saturated rings. The number of halogens is 1. The Kier molecular flexibility index (Phi) is 5.52. The molecule has 1 saturated carbocycles. The summed E-state index contributed by atoms with van der Waals surface area (Å²) in [6.45, 7) is 2.38. The van der Waals surface area contributed by atoms with Gasteiger partial charge in [-0.05, 0) is 48.9 Å². The van der Waals surface area contributed by atoms with E-state index in [1.165, 1.54) is 11.8 Å². The van der Waals surface area contributed by atoms with E-state index in [1.54, 1.807) is 11.3 Å². The molecule has 1 amide bonds. The average Bonchev–Trinajstić information content (AvgIpc) is 3.19. The number of carbonyl (C=O) groups excluding carboxylic acids is 1. The number of carbonyl (C=O) groups is 1. The van der Waals surface area contributed by atoms with Gasteiger partial charge < -0.3 is 5.32 Å². The van der Waals surface area contributed by atoms with Crippen molar-refractivity contribution in [1.29, 1.82) is 0 Å². The summed E-state index contributed by atoms with van der Waals surface area (Å²) >= 11 is 9.02. The first kappa shape index (κ1) is 18.5. The number of hydrogen-bond acceptors (Lipinski definition) is 5. The number of hydrogen-bond donors (Lipinski definition) is 1. The molecule has 0 bridgehead atoms. The summed E-state index contributed by atoms with van der Waals surface area (Å²) in [5.74, 6) is 0.891. The van der Waals surface area contributed by atoms with Crippen molar-refractivity contribution in [3.8, 4) is 10.7 Å². The molecule has 1 aliphatic rings. The predicted octanol–water partition coefficient (Wildman–Crippen LogP) is 4.79. The van der Waals surface area contributed by atoms with E-state index in [-0.39, 0.29) is 11.2 Å². The first-order valence-corrected chi connectivity index (χ1v) is 10.9. The highest BCUT2D eigenvalue weighted by Crippen LogP contribution is 2.42. The van der Waals surface area contributed by atoms with Crippen LogP contribution in [0.15, 0.2) is 46.9 Å². The highest BCUT2D eigenvalue weighted by molar-refractivity contribution is 8.00. The SMILES string of the molecule is CC(Sc1nnc(-c2cccs2)n1C1CC1)C(=O)NCc1ccc(Cl)cc1. The lowest BCUT2D eigenvalue weighted by molar-refractivity contribution is -0.120. The van der Waals surface area contributed by atoms with Crippen molar-refractivity contribution in [2.24, 2.45) is 0 Å². The van der Waals surface area contributed by atoms with Crippen LogP contribution in [0.3, 0.4) is 0 Å². The van der Waals surface area contributed by atoms with Crippen LogP contribution < -0.4 is 5.32 Å². The van der Waals surface area contributed by atoms with Crippen LogP contribution in [0.4, 0.5) is 0 Å². The van der Waals surface area contributed by atoms with Crippen molar-refractivity contribution in [2.45, 2.75) is 42.8 Å². The number of benzene rings is 1. The van der Waals surface area contributed by atoms with E-state index in [1.807, 2.05) is 42.6 Å². The molecule has 27 heavy (non-hydrogen) atoms. The Hall–Kier alpha value is -1.83. The molecule has 0 saturated heterocycles. The van der Waals surface area contributed by atoms with Gasteiger partial charge in [-0.2, -0.15) is 0 Å². The van der Waals surface area contributed by atoms with Crippen LogP contribution in [0, 0.1) is 0 Å². The van der Waals surface area contributed by atoms with E-state index < -0.39 is 0 Å². The third-order valence-corrected chi connectivity index (χ3v) is 6.52. The van der Waals surface area contributed by atoms with Crippen molar-refractivity contribution in [3.05, 3.63) is 52.4 Å². The summed E-state index contributed by atoms with van der Waals surface area (Å²) in [4.78, 5) is 13.6. The van der Waals surface area contributed by atoms with Crippen LogP contribution in [0.2, 0.25) is 5.02 Å². The van der Waals surface area contributed by atoms with Gasteiger partial charge in [0.05, 0.1) is 10.1 Å². The number of amides is 1. The Labute approximate surface area is 171 Å². The fourth-order valence-corrected chi connectivity index (χ4v) is 4.51. The molecular weight excluding hydrogens is 400 g/mol. The standard InChI is InChI=1S/C19H19ClN4OS2/c1-12(18(25)21-11-13-4-6-14(20)7-5-13)27-19-23-22-17(16-3-2-10-26-16)24(19)15-8-9-15/h2-7,10,12,15H,8-9,11H2,1H3,(H,21,25). The number of thioether (sulfide) groups is 1. The van der Waals surface area contributed by atoms with Gasteiger partial charge >= 0.3 is 0 Å². The normalized spacial score (nSPS) is 14.9. The quantitative estimate of drug-likeness (QED) is 0.560. The van der Waals surface area contributed by atoms with Gasteiger partial charge in [0.2, 0.25) is 5.91 Å². The molecule has 1 atom stereocenters. The Morgan fingerprint density at radius 3 is 2.78 bits per heavy atom. The molecule has 2 heterocycles. The summed E-state index contributed by atoms with van der Waals surface area (Å²) in [5, 5.41) is 15.0. The Balaban J connectivity index is 1.42. The first-order valence-electron chi connectivity index (χ1n) is 8.79. The summed E-state index contributed by atoms with van der Waals surface area (Å²) in [5.41, 5.74) is 1.02. The molecule has 1 unspecified atom stereocenters. The second kappa shape index (κ2) is 8.04. The van der Waals surface area contributed by atoms with Crippen molar-refractivity contribution < 1.29 is 4.79 Å². The van der Waals surface area contributed by atoms with Crippen LogP contribution in [0.1, 0.15) is 31.4 Å². The van der Waals surface area contributed by atoms with Crippen LogP contribution in [-0.2, 0) is 11.3 Å². The number of aromatic nitrogens is 3. The monoisotopic (exact) mass is 418 g/mol. The summed E-state index contributed by atoms with van der Waals surface area (Å²) in [6.07, 6.45) is 2.28. The van der Waals surface area contributed by atoms with E-state index in [4.69, 9.17) is 11.6 Å². The maximum Gasteiger partial charge on any atom is 0.233 e. The molecule has 1 N–H and O–H groups in total. The fraction of sp³-hybridized carbons (Fsp3) is 0.316. The van der Waals surface area contributed by atoms with E-state index in [0.29, 0.717) is 17.6 Å². The first-order chi connectivity index (χ1) is 13.1. The van der Waals surface area contributed by atoms with Gasteiger partial charge in [-0.25, -0.2) is 0 Å². The predicted molar refractivity (Wildman–Crippen MR) is 110 cm³/mol. The third kappa shape index (κ3) is 4.36. The molecule has 8 heteroatoms. The summed E-state index contributed by atoms with van der Waals surface area (Å²) in [7, 11) is 0. The maximum atomic E-state index is 12.5. The van der Waals surface area contributed by atoms with Gasteiger partial charge in [-0.3, -0.25) is 9.36 Å². The number of nitrogens with one attached hydrogen (secondary N) is 1. The molecule has 0 spiro atoms. The minimum atomic E-state index is -0.254. The second-order valence-corrected chi connectivity index (χ2v) is 9.18. The van der Waals surface area contributed by atoms with Crippen LogP contribution >= 0.6 is 34.7 Å². The molecule has 0 radical (unpaired) electrons. The van der Waals surface area contributed by atoms with Gasteiger partial charge in [0.1, 0.15) is 0 Å². The Morgan fingerprint density at radius 2 is 2.11 bits per heavy atom. The molecule has 0 aliphatic heterocycles. The van der Waals surface area contributed by atoms with Crippen LogP contribution in [0.5, 0.6) is 0 Å². The molecule has 4 rings (SSSR count). The number of thiophene rings is 1. The molecule has 2 aromatic heterocycles. The highest BCUT2D eigenvalue weighted by atomic mass is 35.5. The minimum Gasteiger partial charge on any atom is -0.351 e. The van der Waals surface area contributed by atoms with Crippen LogP contribution in [0.25, 0.3) is 10.7 Å². The Bertz CT molecular complexity index is 920. The van der Waals surface area contributed by atoms with Gasteiger partial charge in [0.25, 0.3) is 0 Å². The van der Waals surface area contributed by atoms with Crippen molar-refractivity contribution in [1.82, 2.24) is 20.1 Å². The molecular formula is C19H19ClN4OS2. The molecule has 140 valence electrons. The molecule has 3 aromatic rings. The zero-order valence-corrected chi connectivity index (χ0v) is 17.2. The van der Waals surface area contributed by atoms with Crippen molar-refractivity contribution in [3.63, 3.8) is 0 Å². The lowest BCUT2D eigenvalue weighted by Gasteiger charge is -2.13. The lowest BCUT2D eigenvalue weighted by atomic mass is 10.2. The summed E-state index contributed by atoms with van der Waals surface area (Å²) < 4.78 is 2.19. The summed E-state index contributed by atoms with van der Waals surface area (Å²) in [6, 6.07) is 12.0. The molecule has 5 nitrogen and oxygen atoms in total. The fourth-order valence-electron chi connectivity index (χ4n) is 2.74. The Morgan fingerprint density at radius 1 is 1.33 bits per heavy atom. The second-order valence-electron chi connectivity index (χ2n) is 6.49. The van der Waals surface area contributed by atoms with Gasteiger partial charge in [0.15, 0.2) is 11.0 Å². The minimum absolute atomic E-state index is 0.0158. The highest BCUT2D eigenvalue weighted by Gasteiger charge is 2.31. The third-order valence-electron chi connectivity index (χ3n) is 4.35. The molecule has 1 aliphatic carbocycles. The van der Waals surface area contributed by atoms with Crippen molar-refractivity contribution >= 4 is 40.6 Å². The van der Waals surface area contributed by atoms with E-state index in [2.05, 4.69) is 26.1 Å². The smallest absolute Gasteiger partial charge is 0.233 e. The molecule has 1 aromatic carbocycles. The van der Waals surface area contributed by atoms with Crippen molar-refractivity contribution in [2.75, 3.05) is 0 Å². The number of rotatable bonds is 7. The average molecular weight is 419 g/mol. The maximum absolute atomic E-state index is 12.5. The largest absolute Gasteiger partial charge is 0.351 e. The van der Waals surface area contributed by atoms with E-state index >= 15 is 0 Å². The van der Waals surface area contributed by atoms with E-state index in [9.17, 15) is 4.79 Å².